The lowest BCUT2D eigenvalue weighted by atomic mass is 10.3. The van der Waals surface area contributed by atoms with Gasteiger partial charge in [-0.3, -0.25) is 4.79 Å². The van der Waals surface area contributed by atoms with Crippen LogP contribution in [0.3, 0.4) is 0 Å². The number of aromatic nitrogens is 2. The molecular formula is C9H14N4O. The number of anilines is 1. The minimum absolute atomic E-state index is 0.281. The summed E-state index contributed by atoms with van der Waals surface area (Å²) in [5.41, 5.74) is 6.01. The summed E-state index contributed by atoms with van der Waals surface area (Å²) in [5.74, 6) is 0.302. The molecule has 0 atom stereocenters. The standard InChI is InChI=1S/C9H14N4O/c1-7-5-12-9(13-6-7)11-4-2-3-8(10)14/h5-6H,2-4H2,1H3,(H2,10,14)(H,11,12,13). The highest BCUT2D eigenvalue weighted by atomic mass is 16.1. The van der Waals surface area contributed by atoms with E-state index in [1.165, 1.54) is 0 Å². The predicted molar refractivity (Wildman–Crippen MR) is 53.7 cm³/mol. The van der Waals surface area contributed by atoms with E-state index in [4.69, 9.17) is 5.73 Å². The molecule has 5 heteroatoms. The molecule has 5 nitrogen and oxygen atoms in total. The van der Waals surface area contributed by atoms with E-state index >= 15 is 0 Å². The van der Waals surface area contributed by atoms with Crippen LogP contribution >= 0.6 is 0 Å². The molecule has 0 radical (unpaired) electrons. The van der Waals surface area contributed by atoms with Crippen molar-refractivity contribution in [1.29, 1.82) is 0 Å². The Kier molecular flexibility index (Phi) is 3.84. The molecule has 1 heterocycles. The van der Waals surface area contributed by atoms with Gasteiger partial charge < -0.3 is 11.1 Å². The van der Waals surface area contributed by atoms with Crippen LogP contribution in [0, 0.1) is 6.92 Å². The Morgan fingerprint density at radius 2 is 2.14 bits per heavy atom. The first-order valence-corrected chi connectivity index (χ1v) is 4.49. The molecule has 0 aliphatic rings. The van der Waals surface area contributed by atoms with Crippen LogP contribution in [0.15, 0.2) is 12.4 Å². The highest BCUT2D eigenvalue weighted by Gasteiger charge is 1.96. The monoisotopic (exact) mass is 194 g/mol. The maximum absolute atomic E-state index is 10.4. The van der Waals surface area contributed by atoms with Crippen molar-refractivity contribution in [3.8, 4) is 0 Å². The minimum atomic E-state index is -0.281. The van der Waals surface area contributed by atoms with Gasteiger partial charge in [-0.05, 0) is 18.9 Å². The number of rotatable bonds is 5. The second-order valence-electron chi connectivity index (χ2n) is 3.08. The quantitative estimate of drug-likeness (QED) is 0.667. The average Bonchev–Trinajstić information content (AvgIpc) is 2.15. The van der Waals surface area contributed by atoms with E-state index in [1.54, 1.807) is 12.4 Å². The summed E-state index contributed by atoms with van der Waals surface area (Å²) in [4.78, 5) is 18.5. The zero-order chi connectivity index (χ0) is 10.4. The molecule has 76 valence electrons. The number of nitrogens with two attached hydrogens (primary N) is 1. The smallest absolute Gasteiger partial charge is 0.222 e. The maximum atomic E-state index is 10.4. The molecule has 1 rings (SSSR count). The van der Waals surface area contributed by atoms with Crippen LogP contribution in [0.4, 0.5) is 5.95 Å². The van der Waals surface area contributed by atoms with Crippen LogP contribution in [0.2, 0.25) is 0 Å². The first-order chi connectivity index (χ1) is 6.68. The van der Waals surface area contributed by atoms with Crippen LogP contribution in [-0.2, 0) is 4.79 Å². The van der Waals surface area contributed by atoms with Gasteiger partial charge in [0.2, 0.25) is 11.9 Å². The number of hydrogen-bond donors (Lipinski definition) is 2. The van der Waals surface area contributed by atoms with Gasteiger partial charge in [-0.25, -0.2) is 9.97 Å². The van der Waals surface area contributed by atoms with Crippen LogP contribution in [-0.4, -0.2) is 22.4 Å². The lowest BCUT2D eigenvalue weighted by molar-refractivity contribution is -0.118. The van der Waals surface area contributed by atoms with Crippen molar-refractivity contribution in [2.45, 2.75) is 19.8 Å². The summed E-state index contributed by atoms with van der Waals surface area (Å²) in [6.45, 7) is 2.59. The van der Waals surface area contributed by atoms with Gasteiger partial charge in [0.05, 0.1) is 0 Å². The Morgan fingerprint density at radius 3 is 2.71 bits per heavy atom. The molecule has 0 saturated heterocycles. The first-order valence-electron chi connectivity index (χ1n) is 4.49. The van der Waals surface area contributed by atoms with Gasteiger partial charge >= 0.3 is 0 Å². The molecule has 0 fully saturated rings. The molecule has 0 spiro atoms. The largest absolute Gasteiger partial charge is 0.370 e. The fourth-order valence-electron chi connectivity index (χ4n) is 0.947. The molecule has 0 aromatic carbocycles. The summed E-state index contributed by atoms with van der Waals surface area (Å²) in [5, 5.41) is 3.00. The number of primary amides is 1. The number of aryl methyl sites for hydroxylation is 1. The van der Waals surface area contributed by atoms with Crippen LogP contribution in [0.1, 0.15) is 18.4 Å². The van der Waals surface area contributed by atoms with E-state index in [-0.39, 0.29) is 5.91 Å². The van der Waals surface area contributed by atoms with Crippen molar-refractivity contribution < 1.29 is 4.79 Å². The fraction of sp³-hybridized carbons (Fsp3) is 0.444. The number of hydrogen-bond acceptors (Lipinski definition) is 4. The van der Waals surface area contributed by atoms with Crippen molar-refractivity contribution in [3.63, 3.8) is 0 Å². The third kappa shape index (κ3) is 3.84. The Hall–Kier alpha value is -1.65. The van der Waals surface area contributed by atoms with Crippen molar-refractivity contribution in [1.82, 2.24) is 9.97 Å². The number of carbonyl (C=O) groups excluding carboxylic acids is 1. The third-order valence-corrected chi connectivity index (χ3v) is 1.66. The van der Waals surface area contributed by atoms with Crippen molar-refractivity contribution in [2.75, 3.05) is 11.9 Å². The molecule has 3 N–H and O–H groups in total. The van der Waals surface area contributed by atoms with Crippen LogP contribution in [0.5, 0.6) is 0 Å². The molecule has 0 unspecified atom stereocenters. The third-order valence-electron chi connectivity index (χ3n) is 1.66. The highest BCUT2D eigenvalue weighted by Crippen LogP contribution is 1.98. The molecule has 0 aliphatic carbocycles. The van der Waals surface area contributed by atoms with Crippen molar-refractivity contribution >= 4 is 11.9 Å². The lowest BCUT2D eigenvalue weighted by Crippen LogP contribution is -2.13. The van der Waals surface area contributed by atoms with E-state index in [1.807, 2.05) is 6.92 Å². The van der Waals surface area contributed by atoms with Gasteiger partial charge in [-0.2, -0.15) is 0 Å². The van der Waals surface area contributed by atoms with E-state index < -0.39 is 0 Å². The molecule has 1 aromatic rings. The van der Waals surface area contributed by atoms with Gasteiger partial charge in [0.1, 0.15) is 0 Å². The summed E-state index contributed by atoms with van der Waals surface area (Å²) in [6.07, 6.45) is 4.57. The SMILES string of the molecule is Cc1cnc(NCCCC(N)=O)nc1. The topological polar surface area (TPSA) is 80.9 Å². The zero-order valence-corrected chi connectivity index (χ0v) is 8.16. The Bertz CT molecular complexity index is 296. The molecule has 1 aromatic heterocycles. The zero-order valence-electron chi connectivity index (χ0n) is 8.16. The first kappa shape index (κ1) is 10.4. The van der Waals surface area contributed by atoms with Gasteiger partial charge in [-0.15, -0.1) is 0 Å². The lowest BCUT2D eigenvalue weighted by Gasteiger charge is -2.02. The number of amides is 1. The second-order valence-corrected chi connectivity index (χ2v) is 3.08. The van der Waals surface area contributed by atoms with E-state index in [0.717, 1.165) is 5.56 Å². The maximum Gasteiger partial charge on any atom is 0.222 e. The summed E-state index contributed by atoms with van der Waals surface area (Å²) >= 11 is 0. The Labute approximate surface area is 82.7 Å². The normalized spacial score (nSPS) is 9.79. The van der Waals surface area contributed by atoms with E-state index in [9.17, 15) is 4.79 Å². The van der Waals surface area contributed by atoms with E-state index in [0.29, 0.717) is 25.3 Å². The summed E-state index contributed by atoms with van der Waals surface area (Å²) in [6, 6.07) is 0. The molecule has 0 bridgehead atoms. The number of carbonyl (C=O) groups is 1. The summed E-state index contributed by atoms with van der Waals surface area (Å²) in [7, 11) is 0. The Morgan fingerprint density at radius 1 is 1.50 bits per heavy atom. The van der Waals surface area contributed by atoms with Gasteiger partial charge in [-0.1, -0.05) is 0 Å². The molecule has 14 heavy (non-hydrogen) atoms. The molecule has 0 saturated carbocycles. The second kappa shape index (κ2) is 5.16. The molecular weight excluding hydrogens is 180 g/mol. The van der Waals surface area contributed by atoms with Crippen LogP contribution in [0.25, 0.3) is 0 Å². The van der Waals surface area contributed by atoms with Gasteiger partial charge in [0, 0.05) is 25.4 Å². The number of nitrogens with one attached hydrogen (secondary N) is 1. The minimum Gasteiger partial charge on any atom is -0.370 e. The highest BCUT2D eigenvalue weighted by molar-refractivity contribution is 5.73. The molecule has 1 amide bonds. The Balaban J connectivity index is 2.25. The van der Waals surface area contributed by atoms with Crippen LogP contribution < -0.4 is 11.1 Å². The number of nitrogens with zero attached hydrogens (tertiary/aromatic N) is 2. The summed E-state index contributed by atoms with van der Waals surface area (Å²) < 4.78 is 0. The van der Waals surface area contributed by atoms with Crippen molar-refractivity contribution in [3.05, 3.63) is 18.0 Å². The van der Waals surface area contributed by atoms with Gasteiger partial charge in [0.15, 0.2) is 0 Å². The fourth-order valence-corrected chi connectivity index (χ4v) is 0.947. The molecule has 0 aliphatic heterocycles. The van der Waals surface area contributed by atoms with Crippen molar-refractivity contribution in [2.24, 2.45) is 5.73 Å². The van der Waals surface area contributed by atoms with Gasteiger partial charge in [0.25, 0.3) is 0 Å². The van der Waals surface area contributed by atoms with E-state index in [2.05, 4.69) is 15.3 Å². The average molecular weight is 194 g/mol. The predicted octanol–water partition coefficient (Wildman–Crippen LogP) is 0.462.